The lowest BCUT2D eigenvalue weighted by molar-refractivity contribution is 0.329. The first-order valence-corrected chi connectivity index (χ1v) is 8.37. The average molecular weight is 298 g/mol. The molecule has 122 valence electrons. The first-order chi connectivity index (χ1) is 10.1. The fraction of sp³-hybridized carbons (Fsp3) is 0.824. The number of rotatable bonds is 11. The van der Waals surface area contributed by atoms with Gasteiger partial charge >= 0.3 is 0 Å². The third-order valence-electron chi connectivity index (χ3n) is 4.33. The summed E-state index contributed by atoms with van der Waals surface area (Å²) >= 11 is 0. The molecule has 0 aliphatic heterocycles. The van der Waals surface area contributed by atoms with Crippen LogP contribution in [0.5, 0.6) is 5.88 Å². The summed E-state index contributed by atoms with van der Waals surface area (Å²) in [5, 5.41) is 0. The number of hydrogen-bond acceptors (Lipinski definition) is 2. The molecule has 0 bridgehead atoms. The summed E-state index contributed by atoms with van der Waals surface area (Å²) < 4.78 is 18.8. The smallest absolute Gasteiger partial charge is 0.289 e. The van der Waals surface area contributed by atoms with Gasteiger partial charge in [0.25, 0.3) is 6.08 Å². The minimum atomic E-state index is -0.544. The first kappa shape index (κ1) is 18.0. The van der Waals surface area contributed by atoms with Crippen LogP contribution in [0.15, 0.2) is 0 Å². The van der Waals surface area contributed by atoms with E-state index in [1.165, 1.54) is 32.1 Å². The molecule has 0 spiro atoms. The Balaban J connectivity index is 2.82. The van der Waals surface area contributed by atoms with Gasteiger partial charge in [0.2, 0.25) is 5.88 Å². The minimum absolute atomic E-state index is 0.102. The first-order valence-electron chi connectivity index (χ1n) is 8.37. The van der Waals surface area contributed by atoms with Crippen molar-refractivity contribution in [3.63, 3.8) is 0 Å². The van der Waals surface area contributed by atoms with Crippen LogP contribution in [-0.4, -0.2) is 17.1 Å². The second-order valence-corrected chi connectivity index (χ2v) is 6.24. The van der Waals surface area contributed by atoms with Gasteiger partial charge < -0.3 is 4.74 Å². The summed E-state index contributed by atoms with van der Waals surface area (Å²) in [7, 11) is 1.57. The van der Waals surface area contributed by atoms with Crippen LogP contribution in [0.3, 0.4) is 0 Å². The van der Waals surface area contributed by atoms with Crippen LogP contribution in [0.25, 0.3) is 0 Å². The highest BCUT2D eigenvalue weighted by Gasteiger charge is 2.32. The van der Waals surface area contributed by atoms with E-state index in [1.54, 1.807) is 7.11 Å². The van der Waals surface area contributed by atoms with Crippen LogP contribution in [0.2, 0.25) is 0 Å². The van der Waals surface area contributed by atoms with Gasteiger partial charge in [-0.25, -0.2) is 4.98 Å². The number of aromatic nitrogens is 2. The predicted molar refractivity (Wildman–Crippen MR) is 85.4 cm³/mol. The van der Waals surface area contributed by atoms with Crippen LogP contribution in [0, 0.1) is 6.08 Å². The van der Waals surface area contributed by atoms with E-state index in [1.807, 2.05) is 0 Å². The Labute approximate surface area is 128 Å². The van der Waals surface area contributed by atoms with Gasteiger partial charge in [-0.2, -0.15) is 4.39 Å². The van der Waals surface area contributed by atoms with Gasteiger partial charge in [-0.3, -0.25) is 4.98 Å². The van der Waals surface area contributed by atoms with Crippen molar-refractivity contribution in [1.82, 2.24) is 9.97 Å². The molecular weight excluding hydrogens is 267 g/mol. The fourth-order valence-corrected chi connectivity index (χ4v) is 2.96. The van der Waals surface area contributed by atoms with E-state index in [4.69, 9.17) is 4.74 Å². The van der Waals surface area contributed by atoms with Crippen LogP contribution < -0.4 is 4.74 Å². The highest BCUT2D eigenvalue weighted by molar-refractivity contribution is 5.27. The molecule has 0 aliphatic carbocycles. The molecule has 3 nitrogen and oxygen atoms in total. The molecule has 0 radical (unpaired) electrons. The number of aromatic amines is 1. The molecule has 0 amide bonds. The number of methoxy groups -OCH3 is 1. The normalized spacial score (nSPS) is 14.1. The second kappa shape index (κ2) is 9.06. The average Bonchev–Trinajstić information content (AvgIpc) is 2.86. The van der Waals surface area contributed by atoms with Crippen molar-refractivity contribution >= 4 is 0 Å². The van der Waals surface area contributed by atoms with E-state index in [-0.39, 0.29) is 5.41 Å². The largest absolute Gasteiger partial charge is 0.481 e. The number of nitrogens with one attached hydrogen (secondary N) is 1. The van der Waals surface area contributed by atoms with E-state index >= 15 is 0 Å². The summed E-state index contributed by atoms with van der Waals surface area (Å²) in [5.74, 6) is 0.488. The van der Waals surface area contributed by atoms with Crippen molar-refractivity contribution in [3.05, 3.63) is 11.8 Å². The molecule has 1 aromatic heterocycles. The lowest BCUT2D eigenvalue weighted by Gasteiger charge is -2.28. The van der Waals surface area contributed by atoms with Crippen molar-refractivity contribution in [2.45, 2.75) is 84.0 Å². The van der Waals surface area contributed by atoms with Crippen molar-refractivity contribution < 1.29 is 9.13 Å². The summed E-state index contributed by atoms with van der Waals surface area (Å²) in [5.41, 5.74) is 0.657. The SMILES string of the molecule is CCCCCCC(C)(CCCCC)c1nc(F)[nH]c1OC. The monoisotopic (exact) mass is 298 g/mol. The van der Waals surface area contributed by atoms with Crippen molar-refractivity contribution in [2.24, 2.45) is 0 Å². The van der Waals surface area contributed by atoms with Crippen LogP contribution in [-0.2, 0) is 5.41 Å². The predicted octanol–water partition coefficient (Wildman–Crippen LogP) is 5.37. The molecule has 0 saturated carbocycles. The van der Waals surface area contributed by atoms with Gasteiger partial charge in [0.15, 0.2) is 0 Å². The number of ether oxygens (including phenoxy) is 1. The second-order valence-electron chi connectivity index (χ2n) is 6.24. The van der Waals surface area contributed by atoms with E-state index in [0.29, 0.717) is 5.88 Å². The van der Waals surface area contributed by atoms with E-state index < -0.39 is 6.08 Å². The van der Waals surface area contributed by atoms with Crippen molar-refractivity contribution in [2.75, 3.05) is 7.11 Å². The molecule has 0 fully saturated rings. The lowest BCUT2D eigenvalue weighted by atomic mass is 9.77. The number of unbranched alkanes of at least 4 members (excludes halogenated alkanes) is 5. The number of hydrogen-bond donors (Lipinski definition) is 1. The van der Waals surface area contributed by atoms with Crippen molar-refractivity contribution in [1.29, 1.82) is 0 Å². The molecule has 0 aliphatic rings. The van der Waals surface area contributed by atoms with Gasteiger partial charge in [0, 0.05) is 5.41 Å². The third-order valence-corrected chi connectivity index (χ3v) is 4.33. The fourth-order valence-electron chi connectivity index (χ4n) is 2.96. The molecule has 0 aromatic carbocycles. The maximum Gasteiger partial charge on any atom is 0.289 e. The van der Waals surface area contributed by atoms with E-state index in [2.05, 4.69) is 30.7 Å². The third kappa shape index (κ3) is 5.33. The quantitative estimate of drug-likeness (QED) is 0.558. The zero-order valence-electron chi connectivity index (χ0n) is 14.1. The molecule has 1 rings (SSSR count). The number of halogens is 1. The Hall–Kier alpha value is -1.06. The molecule has 1 heterocycles. The van der Waals surface area contributed by atoms with Crippen LogP contribution >= 0.6 is 0 Å². The van der Waals surface area contributed by atoms with E-state index in [0.717, 1.165) is 31.4 Å². The number of H-pyrrole nitrogens is 1. The Kier molecular flexibility index (Phi) is 7.76. The topological polar surface area (TPSA) is 37.9 Å². The Morgan fingerprint density at radius 1 is 1.05 bits per heavy atom. The number of imidazole rings is 1. The van der Waals surface area contributed by atoms with Crippen LogP contribution in [0.4, 0.5) is 4.39 Å². The molecular formula is C17H31FN2O. The summed E-state index contributed by atoms with van der Waals surface area (Å²) in [6.07, 6.45) is 9.96. The van der Waals surface area contributed by atoms with Gasteiger partial charge in [-0.15, -0.1) is 0 Å². The van der Waals surface area contributed by atoms with Gasteiger partial charge in [0.05, 0.1) is 7.11 Å². The molecule has 1 N–H and O–H groups in total. The summed E-state index contributed by atoms with van der Waals surface area (Å²) in [6.45, 7) is 6.62. The molecule has 0 saturated heterocycles. The Morgan fingerprint density at radius 2 is 1.62 bits per heavy atom. The molecule has 1 unspecified atom stereocenters. The molecule has 1 atom stereocenters. The highest BCUT2D eigenvalue weighted by atomic mass is 19.1. The molecule has 1 aromatic rings. The maximum absolute atomic E-state index is 13.5. The zero-order chi connectivity index (χ0) is 15.7. The number of nitrogens with zero attached hydrogens (tertiary/aromatic N) is 1. The summed E-state index contributed by atoms with van der Waals surface area (Å²) in [4.78, 5) is 6.68. The summed E-state index contributed by atoms with van der Waals surface area (Å²) in [6, 6.07) is 0. The Bertz CT molecular complexity index is 405. The van der Waals surface area contributed by atoms with Gasteiger partial charge in [0.1, 0.15) is 5.69 Å². The highest BCUT2D eigenvalue weighted by Crippen LogP contribution is 2.38. The van der Waals surface area contributed by atoms with Crippen molar-refractivity contribution in [3.8, 4) is 5.88 Å². The molecule has 4 heteroatoms. The van der Waals surface area contributed by atoms with Gasteiger partial charge in [-0.05, 0) is 12.8 Å². The maximum atomic E-state index is 13.5. The standard InChI is InChI=1S/C17H31FN2O/c1-5-7-9-11-13-17(3,12-10-8-6-2)14-15(21-4)20-16(18)19-14/h5-13H2,1-4H3,(H,19,20). The lowest BCUT2D eigenvalue weighted by Crippen LogP contribution is -2.23. The molecule has 21 heavy (non-hydrogen) atoms. The van der Waals surface area contributed by atoms with Gasteiger partial charge in [-0.1, -0.05) is 65.7 Å². The zero-order valence-corrected chi connectivity index (χ0v) is 14.1. The van der Waals surface area contributed by atoms with Crippen LogP contribution in [0.1, 0.15) is 84.3 Å². The Morgan fingerprint density at radius 3 is 2.19 bits per heavy atom. The minimum Gasteiger partial charge on any atom is -0.481 e. The van der Waals surface area contributed by atoms with E-state index in [9.17, 15) is 4.39 Å².